The zero-order chi connectivity index (χ0) is 15.9. The van der Waals surface area contributed by atoms with Gasteiger partial charge in [0.25, 0.3) is 0 Å². The molecule has 112 valence electrons. The van der Waals surface area contributed by atoms with Crippen molar-refractivity contribution in [3.63, 3.8) is 0 Å². The summed E-state index contributed by atoms with van der Waals surface area (Å²) in [4.78, 5) is 22.8. The SMILES string of the molecule is CC(=O)Nc1ccc(C=CC(=O)Nc2cccc(Br)c2)cc1. The fourth-order valence-corrected chi connectivity index (χ4v) is 2.20. The highest BCUT2D eigenvalue weighted by atomic mass is 79.9. The van der Waals surface area contributed by atoms with E-state index in [1.807, 2.05) is 36.4 Å². The molecule has 0 saturated carbocycles. The molecule has 0 radical (unpaired) electrons. The fraction of sp³-hybridized carbons (Fsp3) is 0.0588. The van der Waals surface area contributed by atoms with Gasteiger partial charge < -0.3 is 10.6 Å². The third-order valence-corrected chi connectivity index (χ3v) is 3.24. The van der Waals surface area contributed by atoms with E-state index in [0.717, 1.165) is 21.4 Å². The summed E-state index contributed by atoms with van der Waals surface area (Å²) in [5, 5.41) is 5.47. The van der Waals surface area contributed by atoms with Crippen LogP contribution in [-0.2, 0) is 9.59 Å². The van der Waals surface area contributed by atoms with Gasteiger partial charge in [0, 0.05) is 28.8 Å². The summed E-state index contributed by atoms with van der Waals surface area (Å²) in [5.41, 5.74) is 2.33. The summed E-state index contributed by atoms with van der Waals surface area (Å²) in [6.07, 6.45) is 3.18. The van der Waals surface area contributed by atoms with Crippen LogP contribution >= 0.6 is 15.9 Å². The van der Waals surface area contributed by atoms with Crippen LogP contribution in [0.3, 0.4) is 0 Å². The molecule has 0 atom stereocenters. The highest BCUT2D eigenvalue weighted by Gasteiger charge is 1.99. The molecule has 0 fully saturated rings. The van der Waals surface area contributed by atoms with Crippen molar-refractivity contribution in [1.29, 1.82) is 0 Å². The minimum atomic E-state index is -0.205. The van der Waals surface area contributed by atoms with Gasteiger partial charge in [-0.3, -0.25) is 9.59 Å². The van der Waals surface area contributed by atoms with Crippen LogP contribution in [-0.4, -0.2) is 11.8 Å². The number of nitrogens with one attached hydrogen (secondary N) is 2. The molecular weight excluding hydrogens is 344 g/mol. The second-order valence-corrected chi connectivity index (χ2v) is 5.55. The number of amides is 2. The maximum atomic E-state index is 11.8. The molecule has 2 rings (SSSR count). The van der Waals surface area contributed by atoms with E-state index >= 15 is 0 Å². The van der Waals surface area contributed by atoms with Crippen molar-refractivity contribution < 1.29 is 9.59 Å². The predicted octanol–water partition coefficient (Wildman–Crippen LogP) is 4.06. The van der Waals surface area contributed by atoms with Gasteiger partial charge >= 0.3 is 0 Å². The van der Waals surface area contributed by atoms with Crippen LogP contribution in [0, 0.1) is 0 Å². The van der Waals surface area contributed by atoms with E-state index in [1.54, 1.807) is 18.2 Å². The summed E-state index contributed by atoms with van der Waals surface area (Å²) in [7, 11) is 0. The summed E-state index contributed by atoms with van der Waals surface area (Å²) >= 11 is 3.35. The third-order valence-electron chi connectivity index (χ3n) is 2.75. The molecule has 0 spiro atoms. The van der Waals surface area contributed by atoms with Gasteiger partial charge in [0.15, 0.2) is 0 Å². The van der Waals surface area contributed by atoms with E-state index in [1.165, 1.54) is 13.0 Å². The first-order valence-corrected chi connectivity index (χ1v) is 7.44. The Balaban J connectivity index is 1.96. The third kappa shape index (κ3) is 5.18. The molecule has 2 N–H and O–H groups in total. The van der Waals surface area contributed by atoms with E-state index in [0.29, 0.717) is 0 Å². The summed E-state index contributed by atoms with van der Waals surface area (Å²) < 4.78 is 0.905. The van der Waals surface area contributed by atoms with Crippen molar-refractivity contribution >= 4 is 45.2 Å². The minimum Gasteiger partial charge on any atom is -0.326 e. The van der Waals surface area contributed by atoms with E-state index in [2.05, 4.69) is 26.6 Å². The quantitative estimate of drug-likeness (QED) is 0.809. The normalized spacial score (nSPS) is 10.5. The molecule has 2 aromatic carbocycles. The van der Waals surface area contributed by atoms with Crippen LogP contribution in [0.5, 0.6) is 0 Å². The molecule has 0 heterocycles. The lowest BCUT2D eigenvalue weighted by atomic mass is 10.2. The molecule has 0 saturated heterocycles. The van der Waals surface area contributed by atoms with Gasteiger partial charge in [-0.2, -0.15) is 0 Å². The van der Waals surface area contributed by atoms with Crippen LogP contribution in [0.4, 0.5) is 11.4 Å². The Hall–Kier alpha value is -2.40. The first-order chi connectivity index (χ1) is 10.5. The maximum Gasteiger partial charge on any atom is 0.248 e. The Labute approximate surface area is 137 Å². The maximum absolute atomic E-state index is 11.8. The lowest BCUT2D eigenvalue weighted by Crippen LogP contribution is -2.07. The van der Waals surface area contributed by atoms with E-state index < -0.39 is 0 Å². The topological polar surface area (TPSA) is 58.2 Å². The second kappa shape index (κ2) is 7.56. The molecule has 0 aliphatic heterocycles. The van der Waals surface area contributed by atoms with E-state index in [4.69, 9.17) is 0 Å². The number of carbonyl (C=O) groups is 2. The van der Waals surface area contributed by atoms with Gasteiger partial charge in [0.05, 0.1) is 0 Å². The van der Waals surface area contributed by atoms with Crippen LogP contribution in [0.15, 0.2) is 59.1 Å². The Morgan fingerprint density at radius 2 is 1.73 bits per heavy atom. The van der Waals surface area contributed by atoms with Crippen molar-refractivity contribution in [2.75, 3.05) is 10.6 Å². The molecule has 0 unspecified atom stereocenters. The zero-order valence-corrected chi connectivity index (χ0v) is 13.6. The van der Waals surface area contributed by atoms with Crippen molar-refractivity contribution in [1.82, 2.24) is 0 Å². The van der Waals surface area contributed by atoms with Crippen molar-refractivity contribution in [3.8, 4) is 0 Å². The number of benzene rings is 2. The summed E-state index contributed by atoms with van der Waals surface area (Å²) in [5.74, 6) is -0.319. The molecule has 2 aromatic rings. The molecule has 0 bridgehead atoms. The lowest BCUT2D eigenvalue weighted by molar-refractivity contribution is -0.114. The van der Waals surface area contributed by atoms with Gasteiger partial charge in [-0.05, 0) is 42.0 Å². The molecule has 4 nitrogen and oxygen atoms in total. The molecule has 5 heteroatoms. The largest absolute Gasteiger partial charge is 0.326 e. The molecule has 0 aliphatic carbocycles. The Kier molecular flexibility index (Phi) is 5.49. The highest BCUT2D eigenvalue weighted by molar-refractivity contribution is 9.10. The first-order valence-electron chi connectivity index (χ1n) is 6.65. The summed E-state index contributed by atoms with van der Waals surface area (Å²) in [6, 6.07) is 14.6. The smallest absolute Gasteiger partial charge is 0.248 e. The predicted molar refractivity (Wildman–Crippen MR) is 92.6 cm³/mol. The lowest BCUT2D eigenvalue weighted by Gasteiger charge is -2.03. The van der Waals surface area contributed by atoms with Crippen molar-refractivity contribution in [2.24, 2.45) is 0 Å². The van der Waals surface area contributed by atoms with Gasteiger partial charge in [0.2, 0.25) is 11.8 Å². The molecule has 0 aromatic heterocycles. The minimum absolute atomic E-state index is 0.114. The standard InChI is InChI=1S/C17H15BrN2O2/c1-12(21)19-15-8-5-13(6-9-15)7-10-17(22)20-16-4-2-3-14(18)11-16/h2-11H,1H3,(H,19,21)(H,20,22). The number of hydrogen-bond acceptors (Lipinski definition) is 2. The number of rotatable bonds is 4. The summed E-state index contributed by atoms with van der Waals surface area (Å²) in [6.45, 7) is 1.46. The Bertz CT molecular complexity index is 709. The first kappa shape index (κ1) is 16.0. The number of hydrogen-bond donors (Lipinski definition) is 2. The van der Waals surface area contributed by atoms with Crippen molar-refractivity contribution in [2.45, 2.75) is 6.92 Å². The average Bonchev–Trinajstić information content (AvgIpc) is 2.46. The number of carbonyl (C=O) groups excluding carboxylic acids is 2. The second-order valence-electron chi connectivity index (χ2n) is 4.64. The van der Waals surface area contributed by atoms with Crippen LogP contribution in [0.2, 0.25) is 0 Å². The Morgan fingerprint density at radius 3 is 2.36 bits per heavy atom. The van der Waals surface area contributed by atoms with Crippen molar-refractivity contribution in [3.05, 3.63) is 64.6 Å². The van der Waals surface area contributed by atoms with E-state index in [-0.39, 0.29) is 11.8 Å². The van der Waals surface area contributed by atoms with Crippen LogP contribution < -0.4 is 10.6 Å². The molecule has 2 amide bonds. The van der Waals surface area contributed by atoms with Crippen LogP contribution in [0.1, 0.15) is 12.5 Å². The van der Waals surface area contributed by atoms with E-state index in [9.17, 15) is 9.59 Å². The molecule has 22 heavy (non-hydrogen) atoms. The highest BCUT2D eigenvalue weighted by Crippen LogP contribution is 2.16. The number of anilines is 2. The van der Waals surface area contributed by atoms with Crippen LogP contribution in [0.25, 0.3) is 6.08 Å². The van der Waals surface area contributed by atoms with Gasteiger partial charge in [-0.25, -0.2) is 0 Å². The fourth-order valence-electron chi connectivity index (χ4n) is 1.80. The average molecular weight is 359 g/mol. The number of halogens is 1. The molecular formula is C17H15BrN2O2. The van der Waals surface area contributed by atoms with Gasteiger partial charge in [-0.1, -0.05) is 34.1 Å². The Morgan fingerprint density at radius 1 is 1.00 bits per heavy atom. The monoisotopic (exact) mass is 358 g/mol. The van der Waals surface area contributed by atoms with Gasteiger partial charge in [0.1, 0.15) is 0 Å². The molecule has 0 aliphatic rings. The zero-order valence-electron chi connectivity index (χ0n) is 12.0. The van der Waals surface area contributed by atoms with Gasteiger partial charge in [-0.15, -0.1) is 0 Å².